The zero-order valence-electron chi connectivity index (χ0n) is 14.2. The van der Waals surface area contributed by atoms with Crippen LogP contribution in [0.5, 0.6) is 0 Å². The van der Waals surface area contributed by atoms with Crippen molar-refractivity contribution in [1.29, 1.82) is 0 Å². The largest absolute Gasteiger partial charge is 0.376 e. The second-order valence-electron chi connectivity index (χ2n) is 6.05. The third-order valence-corrected chi connectivity index (χ3v) is 4.42. The maximum absolute atomic E-state index is 12.8. The average Bonchev–Trinajstić information content (AvgIpc) is 3.25. The quantitative estimate of drug-likeness (QED) is 0.882. The van der Waals surface area contributed by atoms with Crippen molar-refractivity contribution in [3.8, 4) is 0 Å². The molecular weight excluding hydrogens is 308 g/mol. The number of nitrogens with zero attached hydrogens (tertiary/aromatic N) is 5. The van der Waals surface area contributed by atoms with E-state index in [0.717, 1.165) is 24.4 Å². The molecule has 8 nitrogen and oxygen atoms in total. The van der Waals surface area contributed by atoms with Gasteiger partial charge >= 0.3 is 0 Å². The summed E-state index contributed by atoms with van der Waals surface area (Å²) in [6.45, 7) is 4.95. The summed E-state index contributed by atoms with van der Waals surface area (Å²) in [5, 5.41) is 15.0. The Kier molecular flexibility index (Phi) is 4.84. The number of aromatic amines is 1. The number of ether oxygens (including phenoxy) is 1. The lowest BCUT2D eigenvalue weighted by atomic mass is 10.00. The van der Waals surface area contributed by atoms with Gasteiger partial charge in [0.05, 0.1) is 23.1 Å². The Hall–Kier alpha value is -2.35. The minimum atomic E-state index is -0.0901. The number of hydrogen-bond donors (Lipinski definition) is 1. The maximum atomic E-state index is 12.8. The zero-order valence-corrected chi connectivity index (χ0v) is 14.2. The Morgan fingerprint density at radius 3 is 3.00 bits per heavy atom. The molecule has 2 atom stereocenters. The Labute approximate surface area is 140 Å². The van der Waals surface area contributed by atoms with Crippen LogP contribution < -0.4 is 0 Å². The minimum absolute atomic E-state index is 0.0658. The standard InChI is InChI=1S/C16H22N6O2/c1-4-11-7-13(10(2)19-20-11)16(23)22(3)8-14-12(5-6-24-14)15-17-9-18-21-15/h7,9,12,14H,4-6,8H2,1-3H3,(H,17,18,21)/t12-,14-/m1/s1. The van der Waals surface area contributed by atoms with E-state index < -0.39 is 0 Å². The van der Waals surface area contributed by atoms with Gasteiger partial charge in [0.15, 0.2) is 0 Å². The molecule has 0 saturated carbocycles. The molecule has 1 N–H and O–H groups in total. The van der Waals surface area contributed by atoms with Gasteiger partial charge in [-0.05, 0) is 25.8 Å². The summed E-state index contributed by atoms with van der Waals surface area (Å²) in [6, 6.07) is 1.82. The van der Waals surface area contributed by atoms with Crippen LogP contribution >= 0.6 is 0 Å². The molecule has 24 heavy (non-hydrogen) atoms. The summed E-state index contributed by atoms with van der Waals surface area (Å²) in [7, 11) is 1.78. The van der Waals surface area contributed by atoms with Crippen molar-refractivity contribution in [2.75, 3.05) is 20.2 Å². The first-order valence-electron chi connectivity index (χ1n) is 8.15. The fourth-order valence-electron chi connectivity index (χ4n) is 2.98. The zero-order chi connectivity index (χ0) is 17.1. The van der Waals surface area contributed by atoms with Gasteiger partial charge in [-0.3, -0.25) is 9.89 Å². The molecule has 2 aromatic heterocycles. The highest BCUT2D eigenvalue weighted by Crippen LogP contribution is 2.29. The van der Waals surface area contributed by atoms with Crippen LogP contribution in [0.4, 0.5) is 0 Å². The average molecular weight is 330 g/mol. The highest BCUT2D eigenvalue weighted by Gasteiger charge is 2.33. The molecule has 1 fully saturated rings. The van der Waals surface area contributed by atoms with Crippen LogP contribution in [0, 0.1) is 6.92 Å². The Bertz CT molecular complexity index is 703. The first-order valence-corrected chi connectivity index (χ1v) is 8.15. The van der Waals surface area contributed by atoms with Crippen LogP contribution in [0.1, 0.15) is 46.8 Å². The lowest BCUT2D eigenvalue weighted by Crippen LogP contribution is -2.37. The lowest BCUT2D eigenvalue weighted by Gasteiger charge is -2.24. The molecule has 1 aliphatic heterocycles. The SMILES string of the molecule is CCc1cc(C(=O)N(C)C[C@H]2OCC[C@H]2c2ncn[nH]2)c(C)nn1. The van der Waals surface area contributed by atoms with Crippen LogP contribution in [0.3, 0.4) is 0 Å². The van der Waals surface area contributed by atoms with Gasteiger partial charge in [0.25, 0.3) is 5.91 Å². The first-order chi connectivity index (χ1) is 11.6. The van der Waals surface area contributed by atoms with Crippen LogP contribution in [0.15, 0.2) is 12.4 Å². The van der Waals surface area contributed by atoms with Gasteiger partial charge in [0.2, 0.25) is 0 Å². The summed E-state index contributed by atoms with van der Waals surface area (Å²) in [5.41, 5.74) is 2.05. The number of carbonyl (C=O) groups excluding carboxylic acids is 1. The molecule has 8 heteroatoms. The third kappa shape index (κ3) is 3.28. The van der Waals surface area contributed by atoms with Crippen molar-refractivity contribution in [1.82, 2.24) is 30.3 Å². The van der Waals surface area contributed by atoms with E-state index in [1.54, 1.807) is 18.9 Å². The van der Waals surface area contributed by atoms with Crippen LogP contribution in [-0.2, 0) is 11.2 Å². The monoisotopic (exact) mass is 330 g/mol. The van der Waals surface area contributed by atoms with E-state index in [0.29, 0.717) is 24.4 Å². The number of aryl methyl sites for hydroxylation is 2. The lowest BCUT2D eigenvalue weighted by molar-refractivity contribution is 0.0549. The number of carbonyl (C=O) groups is 1. The summed E-state index contributed by atoms with van der Waals surface area (Å²) in [5.74, 6) is 0.878. The van der Waals surface area contributed by atoms with Gasteiger partial charge < -0.3 is 9.64 Å². The van der Waals surface area contributed by atoms with Crippen LogP contribution in [0.25, 0.3) is 0 Å². The predicted molar refractivity (Wildman–Crippen MR) is 86.6 cm³/mol. The molecule has 3 heterocycles. The fourth-order valence-corrected chi connectivity index (χ4v) is 2.98. The molecule has 2 aromatic rings. The highest BCUT2D eigenvalue weighted by molar-refractivity contribution is 5.95. The van der Waals surface area contributed by atoms with Crippen molar-refractivity contribution in [2.45, 2.75) is 38.7 Å². The smallest absolute Gasteiger partial charge is 0.255 e. The van der Waals surface area contributed by atoms with Crippen LogP contribution in [0.2, 0.25) is 0 Å². The van der Waals surface area contributed by atoms with E-state index in [2.05, 4.69) is 25.4 Å². The molecule has 1 aliphatic rings. The molecule has 0 bridgehead atoms. The number of H-pyrrole nitrogens is 1. The van der Waals surface area contributed by atoms with Gasteiger partial charge in [-0.25, -0.2) is 4.98 Å². The molecule has 0 aliphatic carbocycles. The second kappa shape index (κ2) is 7.04. The van der Waals surface area contributed by atoms with Crippen LogP contribution in [-0.4, -0.2) is 62.5 Å². The van der Waals surface area contributed by atoms with Crippen molar-refractivity contribution >= 4 is 5.91 Å². The Morgan fingerprint density at radius 2 is 2.29 bits per heavy atom. The number of rotatable bonds is 5. The number of amides is 1. The van der Waals surface area contributed by atoms with Crippen molar-refractivity contribution in [2.24, 2.45) is 0 Å². The summed E-state index contributed by atoms with van der Waals surface area (Å²) >= 11 is 0. The van der Waals surface area contributed by atoms with E-state index >= 15 is 0 Å². The van der Waals surface area contributed by atoms with E-state index in [4.69, 9.17) is 4.74 Å². The van der Waals surface area contributed by atoms with Crippen molar-refractivity contribution < 1.29 is 9.53 Å². The highest BCUT2D eigenvalue weighted by atomic mass is 16.5. The van der Waals surface area contributed by atoms with Crippen molar-refractivity contribution in [3.63, 3.8) is 0 Å². The molecule has 0 unspecified atom stereocenters. The van der Waals surface area contributed by atoms with E-state index in [1.807, 2.05) is 13.0 Å². The number of nitrogens with one attached hydrogen (secondary N) is 1. The molecule has 0 radical (unpaired) electrons. The predicted octanol–water partition coefficient (Wildman–Crippen LogP) is 1.11. The van der Waals surface area contributed by atoms with E-state index in [1.165, 1.54) is 6.33 Å². The number of likely N-dealkylation sites (N-methyl/N-ethyl adjacent to an activating group) is 1. The molecule has 1 amide bonds. The second-order valence-corrected chi connectivity index (χ2v) is 6.05. The Morgan fingerprint density at radius 1 is 1.46 bits per heavy atom. The maximum Gasteiger partial charge on any atom is 0.255 e. The Balaban J connectivity index is 1.72. The molecule has 0 aromatic carbocycles. The first kappa shape index (κ1) is 16.5. The molecule has 128 valence electrons. The summed E-state index contributed by atoms with van der Waals surface area (Å²) < 4.78 is 5.81. The topological polar surface area (TPSA) is 96.9 Å². The normalized spacial score (nSPS) is 20.3. The van der Waals surface area contributed by atoms with Gasteiger partial charge in [-0.15, -0.1) is 0 Å². The van der Waals surface area contributed by atoms with Gasteiger partial charge in [0.1, 0.15) is 12.2 Å². The minimum Gasteiger partial charge on any atom is -0.376 e. The molecule has 3 rings (SSSR count). The van der Waals surface area contributed by atoms with Gasteiger partial charge in [-0.2, -0.15) is 15.3 Å². The van der Waals surface area contributed by atoms with Gasteiger partial charge in [0, 0.05) is 26.1 Å². The number of aromatic nitrogens is 5. The molecular formula is C16H22N6O2. The number of hydrogen-bond acceptors (Lipinski definition) is 6. The third-order valence-electron chi connectivity index (χ3n) is 4.42. The van der Waals surface area contributed by atoms with E-state index in [-0.39, 0.29) is 17.9 Å². The fraction of sp³-hybridized carbons (Fsp3) is 0.562. The van der Waals surface area contributed by atoms with E-state index in [9.17, 15) is 4.79 Å². The molecule has 0 spiro atoms. The summed E-state index contributed by atoms with van der Waals surface area (Å²) in [4.78, 5) is 18.7. The van der Waals surface area contributed by atoms with Gasteiger partial charge in [-0.1, -0.05) is 6.92 Å². The molecule has 1 saturated heterocycles. The summed E-state index contributed by atoms with van der Waals surface area (Å²) in [6.07, 6.45) is 3.03. The van der Waals surface area contributed by atoms with Crippen molar-refractivity contribution in [3.05, 3.63) is 35.2 Å².